The van der Waals surface area contributed by atoms with E-state index in [9.17, 15) is 4.79 Å². The summed E-state index contributed by atoms with van der Waals surface area (Å²) in [6.07, 6.45) is 0. The second kappa shape index (κ2) is 6.30. The maximum absolute atomic E-state index is 12.1. The smallest absolute Gasteiger partial charge is 0.338 e. The van der Waals surface area contributed by atoms with Crippen molar-refractivity contribution < 1.29 is 14.3 Å². The van der Waals surface area contributed by atoms with Crippen LogP contribution in [-0.4, -0.2) is 22.9 Å². The molecule has 0 atom stereocenters. The number of ether oxygens (including phenoxy) is 2. The van der Waals surface area contributed by atoms with Crippen molar-refractivity contribution in [2.45, 2.75) is 27.0 Å². The maximum atomic E-state index is 12.1. The Morgan fingerprint density at radius 1 is 1.33 bits per heavy atom. The van der Waals surface area contributed by atoms with Gasteiger partial charge < -0.3 is 15.2 Å². The molecule has 112 valence electrons. The van der Waals surface area contributed by atoms with E-state index in [-0.39, 0.29) is 6.61 Å². The fourth-order valence-electron chi connectivity index (χ4n) is 2.07. The van der Waals surface area contributed by atoms with Gasteiger partial charge in [0.15, 0.2) is 0 Å². The minimum Gasteiger partial charge on any atom is -0.497 e. The predicted octanol–water partition coefficient (Wildman–Crippen LogP) is 2.16. The van der Waals surface area contributed by atoms with Crippen LogP contribution >= 0.6 is 0 Å². The van der Waals surface area contributed by atoms with E-state index in [1.54, 1.807) is 18.2 Å². The average Bonchev–Trinajstić information content (AvgIpc) is 2.84. The van der Waals surface area contributed by atoms with Gasteiger partial charge >= 0.3 is 5.97 Å². The SMILES string of the molecule is CCn1nc(C)cc1COC(=O)c1cc(N)cc(OC)c1. The third-order valence-corrected chi connectivity index (χ3v) is 3.04. The second-order valence-corrected chi connectivity index (χ2v) is 4.66. The number of nitrogens with zero attached hydrogens (tertiary/aromatic N) is 2. The summed E-state index contributed by atoms with van der Waals surface area (Å²) in [5.41, 5.74) is 8.31. The molecule has 6 heteroatoms. The maximum Gasteiger partial charge on any atom is 0.338 e. The Morgan fingerprint density at radius 2 is 2.10 bits per heavy atom. The van der Waals surface area contributed by atoms with Crippen molar-refractivity contribution in [2.75, 3.05) is 12.8 Å². The van der Waals surface area contributed by atoms with Crippen LogP contribution in [0.5, 0.6) is 5.75 Å². The highest BCUT2D eigenvalue weighted by atomic mass is 16.5. The van der Waals surface area contributed by atoms with E-state index in [1.807, 2.05) is 24.6 Å². The van der Waals surface area contributed by atoms with Gasteiger partial charge in [0, 0.05) is 18.3 Å². The molecule has 1 aromatic heterocycles. The first-order chi connectivity index (χ1) is 10.0. The Balaban J connectivity index is 2.09. The molecule has 0 aliphatic heterocycles. The number of benzene rings is 1. The van der Waals surface area contributed by atoms with Crippen molar-refractivity contribution >= 4 is 11.7 Å². The second-order valence-electron chi connectivity index (χ2n) is 4.66. The van der Waals surface area contributed by atoms with Gasteiger partial charge in [0.2, 0.25) is 0 Å². The van der Waals surface area contributed by atoms with E-state index >= 15 is 0 Å². The van der Waals surface area contributed by atoms with Crippen molar-refractivity contribution in [3.8, 4) is 5.75 Å². The quantitative estimate of drug-likeness (QED) is 0.674. The number of hydrogen-bond acceptors (Lipinski definition) is 5. The summed E-state index contributed by atoms with van der Waals surface area (Å²) in [7, 11) is 1.52. The summed E-state index contributed by atoms with van der Waals surface area (Å²) in [6, 6.07) is 6.71. The molecule has 21 heavy (non-hydrogen) atoms. The van der Waals surface area contributed by atoms with Crippen LogP contribution in [0.15, 0.2) is 24.3 Å². The lowest BCUT2D eigenvalue weighted by Crippen LogP contribution is -2.10. The van der Waals surface area contributed by atoms with Gasteiger partial charge in [-0.3, -0.25) is 4.68 Å². The monoisotopic (exact) mass is 289 g/mol. The number of aromatic nitrogens is 2. The van der Waals surface area contributed by atoms with Crippen LogP contribution in [0.4, 0.5) is 5.69 Å². The number of nitrogens with two attached hydrogens (primary N) is 1. The molecule has 0 fully saturated rings. The fourth-order valence-corrected chi connectivity index (χ4v) is 2.07. The topological polar surface area (TPSA) is 79.4 Å². The number of nitrogen functional groups attached to an aromatic ring is 1. The van der Waals surface area contributed by atoms with Crippen molar-refractivity contribution in [1.29, 1.82) is 0 Å². The molecule has 0 amide bonds. The van der Waals surface area contributed by atoms with Gasteiger partial charge in [-0.15, -0.1) is 0 Å². The molecule has 0 saturated carbocycles. The van der Waals surface area contributed by atoms with Gasteiger partial charge in [-0.2, -0.15) is 5.10 Å². The van der Waals surface area contributed by atoms with Crippen LogP contribution in [0.1, 0.15) is 28.7 Å². The lowest BCUT2D eigenvalue weighted by atomic mass is 10.2. The van der Waals surface area contributed by atoms with E-state index in [2.05, 4.69) is 5.10 Å². The first-order valence-electron chi connectivity index (χ1n) is 6.68. The number of esters is 1. The molecule has 0 bridgehead atoms. The summed E-state index contributed by atoms with van der Waals surface area (Å²) in [5.74, 6) is 0.0819. The number of aryl methyl sites for hydroxylation is 2. The Bertz CT molecular complexity index is 650. The van der Waals surface area contributed by atoms with Gasteiger partial charge in [0.05, 0.1) is 24.1 Å². The molecule has 0 unspecified atom stereocenters. The molecule has 0 radical (unpaired) electrons. The molecule has 0 saturated heterocycles. The lowest BCUT2D eigenvalue weighted by molar-refractivity contribution is 0.0462. The molecule has 0 spiro atoms. The summed E-state index contributed by atoms with van der Waals surface area (Å²) in [6.45, 7) is 4.79. The fraction of sp³-hybridized carbons (Fsp3) is 0.333. The van der Waals surface area contributed by atoms with E-state index in [0.29, 0.717) is 17.0 Å². The number of methoxy groups -OCH3 is 1. The number of anilines is 1. The van der Waals surface area contributed by atoms with Gasteiger partial charge in [0.25, 0.3) is 0 Å². The molecular formula is C15H19N3O3. The van der Waals surface area contributed by atoms with Crippen LogP contribution in [0.25, 0.3) is 0 Å². The standard InChI is InChI=1S/C15H19N3O3/c1-4-18-13(5-10(2)17-18)9-21-15(19)11-6-12(16)8-14(7-11)20-3/h5-8H,4,9,16H2,1-3H3. The Kier molecular flexibility index (Phi) is 4.47. The predicted molar refractivity (Wildman–Crippen MR) is 79.2 cm³/mol. The van der Waals surface area contributed by atoms with E-state index in [4.69, 9.17) is 15.2 Å². The molecular weight excluding hydrogens is 270 g/mol. The Labute approximate surface area is 123 Å². The van der Waals surface area contributed by atoms with Crippen molar-refractivity contribution in [3.63, 3.8) is 0 Å². The van der Waals surface area contributed by atoms with Crippen LogP contribution < -0.4 is 10.5 Å². The van der Waals surface area contributed by atoms with Gasteiger partial charge in [-0.05, 0) is 32.0 Å². The number of carbonyl (C=O) groups excluding carboxylic acids is 1. The highest BCUT2D eigenvalue weighted by Gasteiger charge is 2.12. The summed E-state index contributed by atoms with van der Waals surface area (Å²) >= 11 is 0. The molecule has 1 aromatic carbocycles. The number of hydrogen-bond donors (Lipinski definition) is 1. The lowest BCUT2D eigenvalue weighted by Gasteiger charge is -2.08. The first-order valence-corrected chi connectivity index (χ1v) is 6.68. The Hall–Kier alpha value is -2.50. The van der Waals surface area contributed by atoms with Gasteiger partial charge in [-0.25, -0.2) is 4.79 Å². The zero-order chi connectivity index (χ0) is 15.4. The van der Waals surface area contributed by atoms with E-state index < -0.39 is 5.97 Å². The van der Waals surface area contributed by atoms with Gasteiger partial charge in [0.1, 0.15) is 12.4 Å². The molecule has 6 nitrogen and oxygen atoms in total. The summed E-state index contributed by atoms with van der Waals surface area (Å²) in [5, 5.41) is 4.31. The third kappa shape index (κ3) is 3.53. The number of rotatable bonds is 5. The van der Waals surface area contributed by atoms with E-state index in [0.717, 1.165) is 17.9 Å². The molecule has 0 aliphatic carbocycles. The van der Waals surface area contributed by atoms with Crippen molar-refractivity contribution in [3.05, 3.63) is 41.2 Å². The molecule has 2 rings (SSSR count). The highest BCUT2D eigenvalue weighted by molar-refractivity contribution is 5.91. The molecule has 2 aromatic rings. The van der Waals surface area contributed by atoms with Crippen LogP contribution in [0.3, 0.4) is 0 Å². The van der Waals surface area contributed by atoms with Crippen molar-refractivity contribution in [2.24, 2.45) is 0 Å². The van der Waals surface area contributed by atoms with Crippen LogP contribution in [0.2, 0.25) is 0 Å². The molecule has 2 N–H and O–H groups in total. The third-order valence-electron chi connectivity index (χ3n) is 3.04. The van der Waals surface area contributed by atoms with Gasteiger partial charge in [-0.1, -0.05) is 0 Å². The van der Waals surface area contributed by atoms with Crippen LogP contribution in [-0.2, 0) is 17.9 Å². The zero-order valence-corrected chi connectivity index (χ0v) is 12.4. The summed E-state index contributed by atoms with van der Waals surface area (Å²) in [4.78, 5) is 12.1. The highest BCUT2D eigenvalue weighted by Crippen LogP contribution is 2.19. The van der Waals surface area contributed by atoms with Crippen molar-refractivity contribution in [1.82, 2.24) is 9.78 Å². The summed E-state index contributed by atoms with van der Waals surface area (Å²) < 4.78 is 12.2. The minimum absolute atomic E-state index is 0.171. The largest absolute Gasteiger partial charge is 0.497 e. The van der Waals surface area contributed by atoms with Crippen LogP contribution in [0, 0.1) is 6.92 Å². The zero-order valence-electron chi connectivity index (χ0n) is 12.4. The first kappa shape index (κ1) is 14.9. The van der Waals surface area contributed by atoms with E-state index in [1.165, 1.54) is 7.11 Å². The Morgan fingerprint density at radius 3 is 2.76 bits per heavy atom. The normalized spacial score (nSPS) is 10.4. The number of carbonyl (C=O) groups is 1. The minimum atomic E-state index is -0.442. The average molecular weight is 289 g/mol. The molecule has 1 heterocycles. The molecule has 0 aliphatic rings.